The number of nitrogens with one attached hydrogen (secondary N) is 1. The molecule has 2 aromatic carbocycles. The number of nitrogens with zero attached hydrogens (tertiary/aromatic N) is 2. The van der Waals surface area contributed by atoms with Crippen LogP contribution in [0.25, 0.3) is 0 Å². The van der Waals surface area contributed by atoms with Crippen molar-refractivity contribution in [2.75, 3.05) is 16.8 Å². The van der Waals surface area contributed by atoms with Gasteiger partial charge in [-0.25, -0.2) is 4.79 Å². The van der Waals surface area contributed by atoms with Gasteiger partial charge in [-0.3, -0.25) is 9.89 Å². The van der Waals surface area contributed by atoms with E-state index in [0.717, 1.165) is 42.2 Å². The Bertz CT molecular complexity index is 694. The summed E-state index contributed by atoms with van der Waals surface area (Å²) in [6.07, 6.45) is 1.83. The van der Waals surface area contributed by atoms with Crippen LogP contribution in [-0.4, -0.2) is 18.4 Å². The molecule has 1 aliphatic heterocycles. The largest absolute Gasteiger partial charge is 0.331 e. The van der Waals surface area contributed by atoms with Gasteiger partial charge in [0.1, 0.15) is 5.84 Å². The summed E-state index contributed by atoms with van der Waals surface area (Å²) in [6, 6.07) is 17.3. The molecule has 22 heavy (non-hydrogen) atoms. The third kappa shape index (κ3) is 3.01. The van der Waals surface area contributed by atoms with Gasteiger partial charge >= 0.3 is 6.03 Å². The summed E-state index contributed by atoms with van der Waals surface area (Å²) in [5.74, 6) is 0.831. The van der Waals surface area contributed by atoms with Crippen LogP contribution in [0.15, 0.2) is 59.6 Å². The molecule has 0 bridgehead atoms. The molecule has 112 valence electrons. The fourth-order valence-corrected chi connectivity index (χ4v) is 2.55. The molecule has 0 spiro atoms. The Morgan fingerprint density at radius 1 is 1.09 bits per heavy atom. The average Bonchev–Trinajstić information content (AvgIpc) is 3.05. The molecule has 0 saturated carbocycles. The molecule has 0 fully saturated rings. The van der Waals surface area contributed by atoms with Gasteiger partial charge in [-0.05, 0) is 37.1 Å². The van der Waals surface area contributed by atoms with Crippen molar-refractivity contribution in [2.24, 2.45) is 4.99 Å². The number of hydrogen-bond acceptors (Lipinski definition) is 2. The Morgan fingerprint density at radius 3 is 2.50 bits per heavy atom. The number of carbonyl (C=O) groups is 1. The van der Waals surface area contributed by atoms with E-state index in [-0.39, 0.29) is 6.03 Å². The second kappa shape index (κ2) is 6.43. The third-order valence-electron chi connectivity index (χ3n) is 3.72. The molecule has 1 N–H and O–H groups in total. The fraction of sp³-hybridized carbons (Fsp3) is 0.222. The summed E-state index contributed by atoms with van der Waals surface area (Å²) in [6.45, 7) is 2.77. The van der Waals surface area contributed by atoms with Crippen molar-refractivity contribution in [1.82, 2.24) is 0 Å². The highest BCUT2D eigenvalue weighted by Crippen LogP contribution is 2.21. The number of amidine groups is 1. The van der Waals surface area contributed by atoms with E-state index < -0.39 is 0 Å². The third-order valence-corrected chi connectivity index (χ3v) is 3.72. The van der Waals surface area contributed by atoms with Crippen molar-refractivity contribution in [3.8, 4) is 0 Å². The van der Waals surface area contributed by atoms with Gasteiger partial charge in [0.2, 0.25) is 0 Å². The van der Waals surface area contributed by atoms with Crippen molar-refractivity contribution in [3.63, 3.8) is 0 Å². The molecule has 1 aliphatic rings. The SMILES string of the molecule is Cc1ccccc1NC(=O)N(C1=NCCC1)c1ccccc1. The van der Waals surface area contributed by atoms with Crippen molar-refractivity contribution >= 4 is 23.2 Å². The number of carbonyl (C=O) groups excluding carboxylic acids is 1. The Hall–Kier alpha value is -2.62. The van der Waals surface area contributed by atoms with E-state index in [4.69, 9.17) is 0 Å². The molecule has 2 amide bonds. The molecule has 1 heterocycles. The van der Waals surface area contributed by atoms with E-state index >= 15 is 0 Å². The highest BCUT2D eigenvalue weighted by molar-refractivity contribution is 6.20. The first-order valence-corrected chi connectivity index (χ1v) is 7.51. The number of rotatable bonds is 2. The second-order valence-electron chi connectivity index (χ2n) is 5.32. The zero-order chi connectivity index (χ0) is 15.4. The van der Waals surface area contributed by atoms with Crippen molar-refractivity contribution in [3.05, 3.63) is 60.2 Å². The minimum Gasteiger partial charge on any atom is -0.307 e. The van der Waals surface area contributed by atoms with Crippen molar-refractivity contribution in [2.45, 2.75) is 19.8 Å². The van der Waals surface area contributed by atoms with Gasteiger partial charge in [-0.2, -0.15) is 0 Å². The lowest BCUT2D eigenvalue weighted by molar-refractivity contribution is 0.259. The van der Waals surface area contributed by atoms with Crippen LogP contribution in [0, 0.1) is 6.92 Å². The molecule has 0 aromatic heterocycles. The predicted molar refractivity (Wildman–Crippen MR) is 90.7 cm³/mol. The van der Waals surface area contributed by atoms with Gasteiger partial charge in [0, 0.05) is 18.7 Å². The van der Waals surface area contributed by atoms with Crippen LogP contribution in [0.1, 0.15) is 18.4 Å². The summed E-state index contributed by atoms with van der Waals surface area (Å²) < 4.78 is 0. The monoisotopic (exact) mass is 293 g/mol. The molecular formula is C18H19N3O. The maximum atomic E-state index is 12.8. The zero-order valence-electron chi connectivity index (χ0n) is 12.6. The lowest BCUT2D eigenvalue weighted by atomic mass is 10.2. The average molecular weight is 293 g/mol. The van der Waals surface area contributed by atoms with Gasteiger partial charge in [0.15, 0.2) is 0 Å². The summed E-state index contributed by atoms with van der Waals surface area (Å²) in [7, 11) is 0. The first-order valence-electron chi connectivity index (χ1n) is 7.51. The first-order chi connectivity index (χ1) is 10.8. The zero-order valence-corrected chi connectivity index (χ0v) is 12.6. The topological polar surface area (TPSA) is 44.7 Å². The van der Waals surface area contributed by atoms with E-state index in [9.17, 15) is 4.79 Å². The molecule has 0 aliphatic carbocycles. The van der Waals surface area contributed by atoms with E-state index in [1.807, 2.05) is 61.5 Å². The Morgan fingerprint density at radius 2 is 1.82 bits per heavy atom. The molecule has 0 unspecified atom stereocenters. The lowest BCUT2D eigenvalue weighted by Crippen LogP contribution is -2.39. The Balaban J connectivity index is 1.89. The van der Waals surface area contributed by atoms with Crippen LogP contribution >= 0.6 is 0 Å². The number of hydrogen-bond donors (Lipinski definition) is 1. The molecule has 0 radical (unpaired) electrons. The van der Waals surface area contributed by atoms with Gasteiger partial charge in [0.05, 0.1) is 5.69 Å². The number of urea groups is 1. The minimum absolute atomic E-state index is 0.166. The van der Waals surface area contributed by atoms with E-state index in [1.165, 1.54) is 0 Å². The Labute approximate surface area is 130 Å². The van der Waals surface area contributed by atoms with Crippen LogP contribution in [0.4, 0.5) is 16.2 Å². The van der Waals surface area contributed by atoms with Crippen LogP contribution in [0.2, 0.25) is 0 Å². The fourth-order valence-electron chi connectivity index (χ4n) is 2.55. The molecular weight excluding hydrogens is 274 g/mol. The Kier molecular flexibility index (Phi) is 4.19. The number of amides is 2. The number of aliphatic imine (C=N–C) groups is 1. The van der Waals surface area contributed by atoms with Gasteiger partial charge in [-0.1, -0.05) is 36.4 Å². The highest BCUT2D eigenvalue weighted by atomic mass is 16.2. The van der Waals surface area contributed by atoms with E-state index in [1.54, 1.807) is 4.90 Å². The standard InChI is InChI=1S/C18H19N3O/c1-14-8-5-6-11-16(14)20-18(22)21(17-12-7-13-19-17)15-9-3-2-4-10-15/h2-6,8-11H,7,12-13H2,1H3,(H,20,22). The normalized spacial score (nSPS) is 13.6. The summed E-state index contributed by atoms with van der Waals surface area (Å²) in [5, 5.41) is 2.99. The quantitative estimate of drug-likeness (QED) is 0.885. The van der Waals surface area contributed by atoms with Gasteiger partial charge in [0.25, 0.3) is 0 Å². The van der Waals surface area contributed by atoms with Gasteiger partial charge in [-0.15, -0.1) is 0 Å². The lowest BCUT2D eigenvalue weighted by Gasteiger charge is -2.23. The molecule has 0 atom stereocenters. The summed E-state index contributed by atoms with van der Waals surface area (Å²) >= 11 is 0. The molecule has 4 heteroatoms. The highest BCUT2D eigenvalue weighted by Gasteiger charge is 2.23. The van der Waals surface area contributed by atoms with Crippen LogP contribution < -0.4 is 10.2 Å². The van der Waals surface area contributed by atoms with Crippen LogP contribution in [-0.2, 0) is 0 Å². The van der Waals surface area contributed by atoms with Crippen molar-refractivity contribution < 1.29 is 4.79 Å². The van der Waals surface area contributed by atoms with Crippen molar-refractivity contribution in [1.29, 1.82) is 0 Å². The minimum atomic E-state index is -0.166. The molecule has 0 saturated heterocycles. The number of aryl methyl sites for hydroxylation is 1. The second-order valence-corrected chi connectivity index (χ2v) is 5.32. The summed E-state index contributed by atoms with van der Waals surface area (Å²) in [4.78, 5) is 18.9. The number of benzene rings is 2. The maximum absolute atomic E-state index is 12.8. The first kappa shape index (κ1) is 14.3. The molecule has 3 rings (SSSR count). The van der Waals surface area contributed by atoms with Crippen LogP contribution in [0.5, 0.6) is 0 Å². The predicted octanol–water partition coefficient (Wildman–Crippen LogP) is 4.23. The van der Waals surface area contributed by atoms with E-state index in [0.29, 0.717) is 0 Å². The number of para-hydroxylation sites is 2. The maximum Gasteiger partial charge on any atom is 0.331 e. The smallest absolute Gasteiger partial charge is 0.307 e. The number of anilines is 2. The molecule has 4 nitrogen and oxygen atoms in total. The van der Waals surface area contributed by atoms with Crippen LogP contribution in [0.3, 0.4) is 0 Å². The van der Waals surface area contributed by atoms with E-state index in [2.05, 4.69) is 10.3 Å². The van der Waals surface area contributed by atoms with Gasteiger partial charge < -0.3 is 5.32 Å². The summed E-state index contributed by atoms with van der Waals surface area (Å²) in [5.41, 5.74) is 2.71. The molecule has 2 aromatic rings.